The maximum Gasteiger partial charge on any atom is 0.119 e. The summed E-state index contributed by atoms with van der Waals surface area (Å²) >= 11 is 4.20. The van der Waals surface area contributed by atoms with Crippen molar-refractivity contribution >= 4 is 32.3 Å². The highest BCUT2D eigenvalue weighted by Crippen LogP contribution is 2.46. The topological polar surface area (TPSA) is 25.2 Å². The Balaban J connectivity index is 2.82. The highest BCUT2D eigenvalue weighted by Gasteiger charge is 2.32. The molecule has 0 aliphatic heterocycles. The van der Waals surface area contributed by atoms with Crippen LogP contribution in [0.3, 0.4) is 0 Å². The van der Waals surface area contributed by atoms with Crippen LogP contribution in [0.25, 0.3) is 0 Å². The van der Waals surface area contributed by atoms with Crippen molar-refractivity contribution in [1.82, 2.24) is 5.32 Å². The minimum absolute atomic E-state index is 0.00694. The molecule has 0 spiro atoms. The number of nitrogens with one attached hydrogen (secondary N) is 1. The quantitative estimate of drug-likeness (QED) is 0.600. The first-order valence-corrected chi connectivity index (χ1v) is 8.13. The molecule has 2 nitrogen and oxygen atoms in total. The van der Waals surface area contributed by atoms with Crippen LogP contribution in [0.2, 0.25) is 0 Å². The lowest BCUT2D eigenvalue weighted by Gasteiger charge is -2.32. The predicted octanol–water partition coefficient (Wildman–Crippen LogP) is 3.94. The molecule has 1 N–H and O–H groups in total. The second-order valence-corrected chi connectivity index (χ2v) is 7.00. The van der Waals surface area contributed by atoms with Crippen LogP contribution >= 0.6 is 32.3 Å². The molecule has 1 aromatic heterocycles. The first-order valence-electron chi connectivity index (χ1n) is 4.87. The Morgan fingerprint density at radius 2 is 2.33 bits per heavy atom. The first-order chi connectivity index (χ1) is 7.11. The number of hydrogen-bond acceptors (Lipinski definition) is 5. The highest BCUT2D eigenvalue weighted by molar-refractivity contribution is 9.05. The van der Waals surface area contributed by atoms with Crippen molar-refractivity contribution in [3.63, 3.8) is 0 Å². The molecule has 0 saturated carbocycles. The normalized spacial score (nSPS) is 14.1. The third-order valence-electron chi connectivity index (χ3n) is 2.23. The Hall–Kier alpha value is 0.290. The monoisotopic (exact) mass is 263 g/mol. The van der Waals surface area contributed by atoms with Gasteiger partial charge in [0.2, 0.25) is 0 Å². The van der Waals surface area contributed by atoms with Crippen molar-refractivity contribution in [1.29, 1.82) is 0 Å². The third kappa shape index (κ3) is 3.66. The molecule has 0 radical (unpaired) electrons. The Morgan fingerprint density at radius 3 is 2.80 bits per heavy atom. The molecule has 0 aliphatic rings. The summed E-state index contributed by atoms with van der Waals surface area (Å²) in [4.78, 5) is 0. The molecule has 0 aromatic carbocycles. The Morgan fingerprint density at radius 1 is 1.60 bits per heavy atom. The molecule has 1 heterocycles. The second kappa shape index (κ2) is 6.13. The van der Waals surface area contributed by atoms with E-state index in [1.54, 1.807) is 17.1 Å². The number of furan rings is 1. The molecule has 0 amide bonds. The molecule has 15 heavy (non-hydrogen) atoms. The number of hydrogen-bond donors (Lipinski definition) is 2. The van der Waals surface area contributed by atoms with Gasteiger partial charge in [-0.2, -0.15) is 0 Å². The highest BCUT2D eigenvalue weighted by atomic mass is 33.5. The summed E-state index contributed by atoms with van der Waals surface area (Å²) in [6, 6.07) is 3.94. The summed E-state index contributed by atoms with van der Waals surface area (Å²) in [6.45, 7) is 7.42. The smallest absolute Gasteiger partial charge is 0.119 e. The van der Waals surface area contributed by atoms with Crippen LogP contribution in [0, 0.1) is 0 Å². The van der Waals surface area contributed by atoms with Gasteiger partial charge in [-0.3, -0.25) is 0 Å². The maximum absolute atomic E-state index is 5.47. The average molecular weight is 263 g/mol. The third-order valence-corrected chi connectivity index (χ3v) is 4.94. The van der Waals surface area contributed by atoms with Crippen LogP contribution < -0.4 is 5.32 Å². The van der Waals surface area contributed by atoms with Gasteiger partial charge in [0.15, 0.2) is 0 Å². The fourth-order valence-corrected chi connectivity index (χ4v) is 4.23. The minimum Gasteiger partial charge on any atom is -0.468 e. The summed E-state index contributed by atoms with van der Waals surface area (Å²) in [5, 5.41) is 3.73. The molecule has 1 rings (SSSR count). The average Bonchev–Trinajstić information content (AvgIpc) is 2.66. The van der Waals surface area contributed by atoms with Gasteiger partial charge < -0.3 is 9.73 Å². The van der Waals surface area contributed by atoms with E-state index in [9.17, 15) is 0 Å². The van der Waals surface area contributed by atoms with E-state index in [1.807, 2.05) is 12.1 Å². The molecular formula is C10H17NOS3. The predicted molar refractivity (Wildman–Crippen MR) is 73.4 cm³/mol. The van der Waals surface area contributed by atoms with E-state index in [-0.39, 0.29) is 10.8 Å². The van der Waals surface area contributed by atoms with Crippen LogP contribution in [-0.4, -0.2) is 12.1 Å². The van der Waals surface area contributed by atoms with Gasteiger partial charge in [-0.05, 0) is 42.4 Å². The Bertz CT molecular complexity index is 274. The van der Waals surface area contributed by atoms with E-state index in [4.69, 9.17) is 4.42 Å². The zero-order chi connectivity index (χ0) is 11.3. The molecule has 0 aliphatic carbocycles. The largest absolute Gasteiger partial charge is 0.468 e. The molecule has 86 valence electrons. The van der Waals surface area contributed by atoms with E-state index >= 15 is 0 Å². The second-order valence-electron chi connectivity index (χ2n) is 3.82. The van der Waals surface area contributed by atoms with E-state index in [1.165, 1.54) is 9.83 Å². The molecule has 1 atom stereocenters. The van der Waals surface area contributed by atoms with Crippen molar-refractivity contribution in [2.24, 2.45) is 0 Å². The fraction of sp³-hybridized carbons (Fsp3) is 0.600. The van der Waals surface area contributed by atoms with Crippen LogP contribution in [0.5, 0.6) is 0 Å². The standard InChI is InChI=1S/C10H17NOS3/c1-4-11-10(2,3)9(14-15-13)8-6-5-7-12-8/h5-7,9,11,13H,4H2,1-3H3. The molecule has 1 unspecified atom stereocenters. The summed E-state index contributed by atoms with van der Waals surface area (Å²) < 4.78 is 5.47. The molecule has 0 saturated heterocycles. The molecular weight excluding hydrogens is 246 g/mol. The van der Waals surface area contributed by atoms with Gasteiger partial charge in [0, 0.05) is 5.54 Å². The molecule has 5 heteroatoms. The zero-order valence-electron chi connectivity index (χ0n) is 9.19. The van der Waals surface area contributed by atoms with Gasteiger partial charge in [-0.1, -0.05) is 29.4 Å². The van der Waals surface area contributed by atoms with Crippen LogP contribution in [0.1, 0.15) is 31.8 Å². The molecule has 0 bridgehead atoms. The summed E-state index contributed by atoms with van der Waals surface area (Å²) in [5.41, 5.74) is -0.00694. The van der Waals surface area contributed by atoms with E-state index in [0.29, 0.717) is 0 Å². The van der Waals surface area contributed by atoms with Crippen molar-refractivity contribution < 1.29 is 4.42 Å². The minimum atomic E-state index is -0.00694. The maximum atomic E-state index is 5.47. The lowest BCUT2D eigenvalue weighted by atomic mass is 9.98. The van der Waals surface area contributed by atoms with E-state index < -0.39 is 0 Å². The zero-order valence-corrected chi connectivity index (χ0v) is 11.7. The Kier molecular flexibility index (Phi) is 5.46. The molecule has 1 aromatic rings. The van der Waals surface area contributed by atoms with E-state index in [0.717, 1.165) is 12.3 Å². The summed E-state index contributed by atoms with van der Waals surface area (Å²) in [5.74, 6) is 0.993. The number of rotatable bonds is 6. The number of thiol groups is 1. The summed E-state index contributed by atoms with van der Waals surface area (Å²) in [7, 11) is 3.18. The van der Waals surface area contributed by atoms with Crippen molar-refractivity contribution in [2.45, 2.75) is 31.6 Å². The van der Waals surface area contributed by atoms with Crippen LogP contribution in [-0.2, 0) is 0 Å². The van der Waals surface area contributed by atoms with Gasteiger partial charge >= 0.3 is 0 Å². The Labute approximate surface area is 104 Å². The fourth-order valence-electron chi connectivity index (χ4n) is 1.56. The van der Waals surface area contributed by atoms with E-state index in [2.05, 4.69) is 37.7 Å². The van der Waals surface area contributed by atoms with Crippen LogP contribution in [0.15, 0.2) is 22.8 Å². The van der Waals surface area contributed by atoms with Crippen molar-refractivity contribution in [3.8, 4) is 0 Å². The lowest BCUT2D eigenvalue weighted by Crippen LogP contribution is -2.43. The van der Waals surface area contributed by atoms with Crippen molar-refractivity contribution in [2.75, 3.05) is 6.54 Å². The molecule has 0 fully saturated rings. The number of likely N-dealkylation sites (N-methyl/N-ethyl adjacent to an activating group) is 1. The van der Waals surface area contributed by atoms with Crippen molar-refractivity contribution in [3.05, 3.63) is 24.2 Å². The van der Waals surface area contributed by atoms with Gasteiger partial charge in [0.1, 0.15) is 5.76 Å². The summed E-state index contributed by atoms with van der Waals surface area (Å²) in [6.07, 6.45) is 1.72. The van der Waals surface area contributed by atoms with Crippen LogP contribution in [0.4, 0.5) is 0 Å². The van der Waals surface area contributed by atoms with Gasteiger partial charge in [-0.15, -0.1) is 0 Å². The first kappa shape index (κ1) is 13.4. The van der Waals surface area contributed by atoms with Gasteiger partial charge in [0.25, 0.3) is 0 Å². The van der Waals surface area contributed by atoms with Gasteiger partial charge in [-0.25, -0.2) is 0 Å². The lowest BCUT2D eigenvalue weighted by molar-refractivity contribution is 0.354. The SMILES string of the molecule is CCNC(C)(C)C(SSS)c1ccco1. The van der Waals surface area contributed by atoms with Gasteiger partial charge in [0.05, 0.1) is 11.5 Å².